The van der Waals surface area contributed by atoms with Gasteiger partial charge in [-0.3, -0.25) is 0 Å². The van der Waals surface area contributed by atoms with E-state index < -0.39 is 5.97 Å². The number of rotatable bonds is 4. The highest BCUT2D eigenvalue weighted by Crippen LogP contribution is 2.23. The van der Waals surface area contributed by atoms with Crippen LogP contribution < -0.4 is 9.64 Å². The van der Waals surface area contributed by atoms with Crippen molar-refractivity contribution < 1.29 is 14.3 Å². The van der Waals surface area contributed by atoms with Crippen LogP contribution in [0.5, 0.6) is 11.6 Å². The van der Waals surface area contributed by atoms with Crippen molar-refractivity contribution in [3.05, 3.63) is 35.2 Å². The van der Waals surface area contributed by atoms with Crippen molar-refractivity contribution in [2.24, 2.45) is 0 Å². The maximum atomic E-state index is 11.6. The molecule has 2 aromatic heterocycles. The molecule has 8 heteroatoms. The highest BCUT2D eigenvalue weighted by atomic mass is 35.5. The Morgan fingerprint density at radius 2 is 1.88 bits per heavy atom. The monoisotopic (exact) mass is 348 g/mol. The van der Waals surface area contributed by atoms with Gasteiger partial charge in [-0.15, -0.1) is 0 Å². The number of hydrogen-bond acceptors (Lipinski definition) is 7. The van der Waals surface area contributed by atoms with Gasteiger partial charge in [-0.05, 0) is 25.3 Å². The van der Waals surface area contributed by atoms with Gasteiger partial charge in [0.2, 0.25) is 11.8 Å². The van der Waals surface area contributed by atoms with Crippen molar-refractivity contribution in [2.45, 2.75) is 19.3 Å². The largest absolute Gasteiger partial charge is 0.465 e. The molecule has 1 fully saturated rings. The van der Waals surface area contributed by atoms with E-state index in [1.165, 1.54) is 25.7 Å². The Kier molecular flexibility index (Phi) is 5.10. The molecule has 0 aromatic carbocycles. The normalized spacial score (nSPS) is 14.3. The zero-order valence-corrected chi connectivity index (χ0v) is 14.0. The second-order valence-electron chi connectivity index (χ2n) is 5.38. The fourth-order valence-corrected chi connectivity index (χ4v) is 2.70. The maximum Gasteiger partial charge on any atom is 0.338 e. The van der Waals surface area contributed by atoms with Gasteiger partial charge in [0, 0.05) is 19.2 Å². The van der Waals surface area contributed by atoms with E-state index in [0.29, 0.717) is 11.7 Å². The Morgan fingerprint density at radius 1 is 1.17 bits per heavy atom. The van der Waals surface area contributed by atoms with Gasteiger partial charge in [0.15, 0.2) is 5.75 Å². The molecule has 0 spiro atoms. The summed E-state index contributed by atoms with van der Waals surface area (Å²) in [6, 6.07) is 2.87. The molecule has 0 amide bonds. The Labute approximate surface area is 144 Å². The molecule has 0 aliphatic carbocycles. The third-order valence-electron chi connectivity index (χ3n) is 3.67. The van der Waals surface area contributed by atoms with Crippen LogP contribution in [0.15, 0.2) is 24.5 Å². The molecule has 0 N–H and O–H groups in total. The first-order valence-electron chi connectivity index (χ1n) is 7.66. The fourth-order valence-electron chi connectivity index (χ4n) is 2.50. The third kappa shape index (κ3) is 3.91. The van der Waals surface area contributed by atoms with Gasteiger partial charge in [0.25, 0.3) is 0 Å². The highest BCUT2D eigenvalue weighted by Gasteiger charge is 2.14. The molecule has 126 valence electrons. The van der Waals surface area contributed by atoms with Crippen molar-refractivity contribution in [3.8, 4) is 11.6 Å². The van der Waals surface area contributed by atoms with E-state index in [-0.39, 0.29) is 16.6 Å². The van der Waals surface area contributed by atoms with Crippen molar-refractivity contribution in [3.63, 3.8) is 0 Å². The lowest BCUT2D eigenvalue weighted by Crippen LogP contribution is -2.30. The van der Waals surface area contributed by atoms with Crippen LogP contribution in [0.1, 0.15) is 29.6 Å². The standard InChI is InChI=1S/C16H17ClN4O3/c1-23-15(22)11-7-13(17)20-14(8-11)24-12-9-18-16(19-10-12)21-5-3-2-4-6-21/h7-10H,2-6H2,1H3. The first kappa shape index (κ1) is 16.4. The zero-order chi connectivity index (χ0) is 16.9. The Hall–Kier alpha value is -2.41. The van der Waals surface area contributed by atoms with Crippen LogP contribution in [0, 0.1) is 0 Å². The van der Waals surface area contributed by atoms with Gasteiger partial charge >= 0.3 is 5.97 Å². The van der Waals surface area contributed by atoms with Crippen molar-refractivity contribution in [2.75, 3.05) is 25.1 Å². The van der Waals surface area contributed by atoms with Gasteiger partial charge in [-0.1, -0.05) is 11.6 Å². The summed E-state index contributed by atoms with van der Waals surface area (Å²) < 4.78 is 10.3. The predicted molar refractivity (Wildman–Crippen MR) is 88.8 cm³/mol. The number of carbonyl (C=O) groups excluding carboxylic acids is 1. The lowest BCUT2D eigenvalue weighted by molar-refractivity contribution is 0.0600. The number of pyridine rings is 1. The number of halogens is 1. The molecule has 3 rings (SSSR count). The average Bonchev–Trinajstić information content (AvgIpc) is 2.62. The van der Waals surface area contributed by atoms with Gasteiger partial charge in [0.1, 0.15) is 5.15 Å². The van der Waals surface area contributed by atoms with Gasteiger partial charge in [-0.2, -0.15) is 0 Å². The summed E-state index contributed by atoms with van der Waals surface area (Å²) in [6.45, 7) is 1.94. The molecule has 24 heavy (non-hydrogen) atoms. The van der Waals surface area contributed by atoms with E-state index in [2.05, 4.69) is 24.6 Å². The smallest absolute Gasteiger partial charge is 0.338 e. The summed E-state index contributed by atoms with van der Waals surface area (Å²) in [5, 5.41) is 0.138. The zero-order valence-electron chi connectivity index (χ0n) is 13.2. The van der Waals surface area contributed by atoms with Crippen LogP contribution in [0.3, 0.4) is 0 Å². The molecule has 1 aliphatic rings. The summed E-state index contributed by atoms with van der Waals surface area (Å²) in [7, 11) is 1.30. The molecule has 1 saturated heterocycles. The van der Waals surface area contributed by atoms with E-state index in [9.17, 15) is 4.79 Å². The Bertz CT molecular complexity index is 718. The fraction of sp³-hybridized carbons (Fsp3) is 0.375. The number of carbonyl (C=O) groups is 1. The van der Waals surface area contributed by atoms with Gasteiger partial charge < -0.3 is 14.4 Å². The number of esters is 1. The number of methoxy groups -OCH3 is 1. The number of aromatic nitrogens is 3. The number of ether oxygens (including phenoxy) is 2. The lowest BCUT2D eigenvalue weighted by atomic mass is 10.1. The molecule has 0 bridgehead atoms. The lowest BCUT2D eigenvalue weighted by Gasteiger charge is -2.26. The maximum absolute atomic E-state index is 11.6. The molecule has 1 aliphatic heterocycles. The first-order chi connectivity index (χ1) is 11.7. The van der Waals surface area contributed by atoms with Gasteiger partial charge in [0.05, 0.1) is 25.1 Å². The van der Waals surface area contributed by atoms with Crippen LogP contribution in [0.4, 0.5) is 5.95 Å². The number of piperidine rings is 1. The minimum Gasteiger partial charge on any atom is -0.465 e. The van der Waals surface area contributed by atoms with E-state index in [0.717, 1.165) is 25.9 Å². The number of hydrogen-bond donors (Lipinski definition) is 0. The molecule has 0 radical (unpaired) electrons. The summed E-state index contributed by atoms with van der Waals surface area (Å²) in [5.41, 5.74) is 0.262. The molecule has 0 unspecified atom stereocenters. The van der Waals surface area contributed by atoms with Crippen LogP contribution in [-0.4, -0.2) is 41.1 Å². The topological polar surface area (TPSA) is 77.4 Å². The molecule has 0 atom stereocenters. The molecule has 0 saturated carbocycles. The van der Waals surface area contributed by atoms with Crippen LogP contribution in [0.25, 0.3) is 0 Å². The van der Waals surface area contributed by atoms with E-state index in [1.807, 2.05) is 0 Å². The second kappa shape index (κ2) is 7.44. The number of nitrogens with zero attached hydrogens (tertiary/aromatic N) is 4. The average molecular weight is 349 g/mol. The summed E-state index contributed by atoms with van der Waals surface area (Å²) >= 11 is 5.91. The summed E-state index contributed by atoms with van der Waals surface area (Å²) in [4.78, 5) is 26.4. The summed E-state index contributed by atoms with van der Waals surface area (Å²) in [5.74, 6) is 0.774. The molecule has 2 aromatic rings. The Balaban J connectivity index is 1.74. The van der Waals surface area contributed by atoms with Crippen molar-refractivity contribution >= 4 is 23.5 Å². The molecular formula is C16H17ClN4O3. The Morgan fingerprint density at radius 3 is 2.54 bits per heavy atom. The second-order valence-corrected chi connectivity index (χ2v) is 5.76. The van der Waals surface area contributed by atoms with Crippen LogP contribution in [0.2, 0.25) is 5.15 Å². The minimum atomic E-state index is -0.513. The summed E-state index contributed by atoms with van der Waals surface area (Å²) in [6.07, 6.45) is 6.73. The first-order valence-corrected chi connectivity index (χ1v) is 8.04. The van der Waals surface area contributed by atoms with E-state index >= 15 is 0 Å². The predicted octanol–water partition coefficient (Wildman–Crippen LogP) is 3.09. The van der Waals surface area contributed by atoms with Crippen molar-refractivity contribution in [1.29, 1.82) is 0 Å². The number of anilines is 1. The van der Waals surface area contributed by atoms with Crippen LogP contribution >= 0.6 is 11.6 Å². The van der Waals surface area contributed by atoms with Crippen LogP contribution in [-0.2, 0) is 4.74 Å². The molecular weight excluding hydrogens is 332 g/mol. The minimum absolute atomic E-state index is 0.138. The van der Waals surface area contributed by atoms with Gasteiger partial charge in [-0.25, -0.2) is 19.7 Å². The molecule has 7 nitrogen and oxygen atoms in total. The van der Waals surface area contributed by atoms with E-state index in [4.69, 9.17) is 16.3 Å². The molecule has 3 heterocycles. The quantitative estimate of drug-likeness (QED) is 0.620. The third-order valence-corrected chi connectivity index (χ3v) is 3.86. The highest BCUT2D eigenvalue weighted by molar-refractivity contribution is 6.29. The SMILES string of the molecule is COC(=O)c1cc(Cl)nc(Oc2cnc(N3CCCCC3)nc2)c1. The van der Waals surface area contributed by atoms with E-state index in [1.54, 1.807) is 12.4 Å². The van der Waals surface area contributed by atoms with Crippen molar-refractivity contribution in [1.82, 2.24) is 15.0 Å².